The first kappa shape index (κ1) is 13.2. The molecule has 0 aliphatic heterocycles. The highest BCUT2D eigenvalue weighted by atomic mass is 16.2. The lowest BCUT2D eigenvalue weighted by Crippen LogP contribution is -2.09. The summed E-state index contributed by atoms with van der Waals surface area (Å²) in [5.74, 6) is 1.21. The van der Waals surface area contributed by atoms with Gasteiger partial charge in [-0.3, -0.25) is 0 Å². The maximum atomic E-state index is 8.71. The van der Waals surface area contributed by atoms with Crippen molar-refractivity contribution in [1.29, 1.82) is 0 Å². The van der Waals surface area contributed by atoms with Crippen molar-refractivity contribution in [3.8, 4) is 11.4 Å². The lowest BCUT2D eigenvalue weighted by molar-refractivity contribution is 0.286. The van der Waals surface area contributed by atoms with Crippen LogP contribution < -0.4 is 11.1 Å². The van der Waals surface area contributed by atoms with Gasteiger partial charge in [-0.15, -0.1) is 0 Å². The third kappa shape index (κ3) is 3.89. The molecule has 1 aromatic heterocycles. The van der Waals surface area contributed by atoms with Crippen molar-refractivity contribution < 1.29 is 5.11 Å². The number of nitrogens with two attached hydrogens (primary N) is 1. The summed E-state index contributed by atoms with van der Waals surface area (Å²) in [6, 6.07) is 9.62. The lowest BCUT2D eigenvalue weighted by Gasteiger charge is -2.06. The van der Waals surface area contributed by atoms with Gasteiger partial charge in [0, 0.05) is 18.7 Å². The monoisotopic (exact) mass is 259 g/mol. The third-order valence-corrected chi connectivity index (χ3v) is 2.55. The van der Waals surface area contributed by atoms with Crippen LogP contribution in [0.5, 0.6) is 0 Å². The zero-order chi connectivity index (χ0) is 13.5. The number of benzene rings is 1. The fourth-order valence-corrected chi connectivity index (χ4v) is 1.62. The van der Waals surface area contributed by atoms with E-state index in [1.165, 1.54) is 0 Å². The van der Waals surface area contributed by atoms with E-state index in [0.29, 0.717) is 18.3 Å². The zero-order valence-electron chi connectivity index (χ0n) is 10.6. The van der Waals surface area contributed by atoms with Gasteiger partial charge in [0.25, 0.3) is 0 Å². The number of nitrogen functional groups attached to an aromatic ring is 1. The summed E-state index contributed by atoms with van der Waals surface area (Å²) < 4.78 is 0. The van der Waals surface area contributed by atoms with Crippen LogP contribution >= 0.6 is 0 Å². The Labute approximate surface area is 111 Å². The van der Waals surface area contributed by atoms with Gasteiger partial charge in [0.15, 0.2) is 5.82 Å². The van der Waals surface area contributed by atoms with Gasteiger partial charge in [0.2, 0.25) is 11.9 Å². The van der Waals surface area contributed by atoms with E-state index in [9.17, 15) is 0 Å². The molecule has 0 atom stereocenters. The molecule has 0 aliphatic carbocycles. The van der Waals surface area contributed by atoms with E-state index in [2.05, 4.69) is 20.3 Å². The van der Waals surface area contributed by atoms with Gasteiger partial charge in [-0.1, -0.05) is 30.3 Å². The van der Waals surface area contributed by atoms with Gasteiger partial charge in [-0.25, -0.2) is 0 Å². The Hall–Kier alpha value is -2.21. The Morgan fingerprint density at radius 1 is 1.05 bits per heavy atom. The fraction of sp³-hybridized carbons (Fsp3) is 0.308. The molecule has 2 rings (SSSR count). The highest BCUT2D eigenvalue weighted by Crippen LogP contribution is 2.16. The summed E-state index contributed by atoms with van der Waals surface area (Å²) in [4.78, 5) is 12.5. The van der Waals surface area contributed by atoms with Crippen molar-refractivity contribution in [1.82, 2.24) is 15.0 Å². The minimum absolute atomic E-state index is 0.191. The summed E-state index contributed by atoms with van der Waals surface area (Å²) in [5.41, 5.74) is 6.58. The van der Waals surface area contributed by atoms with E-state index in [-0.39, 0.29) is 12.6 Å². The molecule has 100 valence electrons. The van der Waals surface area contributed by atoms with Gasteiger partial charge in [-0.05, 0) is 12.8 Å². The maximum absolute atomic E-state index is 8.71. The summed E-state index contributed by atoms with van der Waals surface area (Å²) in [6.45, 7) is 0.883. The molecule has 4 N–H and O–H groups in total. The topological polar surface area (TPSA) is 97.0 Å². The van der Waals surface area contributed by atoms with Crippen molar-refractivity contribution in [3.05, 3.63) is 30.3 Å². The lowest BCUT2D eigenvalue weighted by atomic mass is 10.2. The second-order valence-corrected chi connectivity index (χ2v) is 4.06. The molecule has 0 bridgehead atoms. The number of nitrogens with zero attached hydrogens (tertiary/aromatic N) is 3. The van der Waals surface area contributed by atoms with Gasteiger partial charge in [-0.2, -0.15) is 15.0 Å². The van der Waals surface area contributed by atoms with Crippen LogP contribution in [-0.2, 0) is 0 Å². The molecule has 0 saturated carbocycles. The summed E-state index contributed by atoms with van der Waals surface area (Å²) in [5, 5.41) is 11.8. The first-order valence-electron chi connectivity index (χ1n) is 6.21. The van der Waals surface area contributed by atoms with Crippen LogP contribution in [-0.4, -0.2) is 33.2 Å². The van der Waals surface area contributed by atoms with E-state index >= 15 is 0 Å². The minimum Gasteiger partial charge on any atom is -0.396 e. The molecular formula is C13H17N5O. The number of hydrogen-bond acceptors (Lipinski definition) is 6. The number of aliphatic hydroxyl groups is 1. The van der Waals surface area contributed by atoms with Crippen molar-refractivity contribution in [3.63, 3.8) is 0 Å². The van der Waals surface area contributed by atoms with Crippen LogP contribution in [0.15, 0.2) is 30.3 Å². The standard InChI is InChI=1S/C13H17N5O/c14-12-16-11(10-6-2-1-3-7-10)17-13(18-12)15-8-4-5-9-19/h1-3,6-7,19H,4-5,8-9H2,(H3,14,15,16,17,18). The Morgan fingerprint density at radius 2 is 1.84 bits per heavy atom. The zero-order valence-corrected chi connectivity index (χ0v) is 10.6. The molecule has 0 amide bonds. The van der Waals surface area contributed by atoms with Gasteiger partial charge >= 0.3 is 0 Å². The van der Waals surface area contributed by atoms with Crippen molar-refractivity contribution in [2.24, 2.45) is 0 Å². The van der Waals surface area contributed by atoms with Gasteiger partial charge in [0.1, 0.15) is 0 Å². The first-order chi connectivity index (χ1) is 9.29. The second-order valence-electron chi connectivity index (χ2n) is 4.06. The van der Waals surface area contributed by atoms with Gasteiger partial charge < -0.3 is 16.2 Å². The number of hydrogen-bond donors (Lipinski definition) is 3. The van der Waals surface area contributed by atoms with Crippen molar-refractivity contribution >= 4 is 11.9 Å². The predicted octanol–water partition coefficient (Wildman–Crippen LogP) is 1.31. The molecule has 19 heavy (non-hydrogen) atoms. The number of nitrogens with one attached hydrogen (secondary N) is 1. The predicted molar refractivity (Wildman–Crippen MR) is 74.5 cm³/mol. The molecule has 0 aliphatic rings. The Balaban J connectivity index is 2.11. The number of anilines is 2. The average Bonchev–Trinajstić information content (AvgIpc) is 2.44. The van der Waals surface area contributed by atoms with E-state index in [4.69, 9.17) is 10.8 Å². The molecule has 6 heteroatoms. The number of aliphatic hydroxyl groups excluding tert-OH is 1. The average molecular weight is 259 g/mol. The highest BCUT2D eigenvalue weighted by molar-refractivity contribution is 5.57. The van der Waals surface area contributed by atoms with Gasteiger partial charge in [0.05, 0.1) is 0 Å². The number of aromatic nitrogens is 3. The summed E-state index contributed by atoms with van der Waals surface area (Å²) >= 11 is 0. The molecule has 0 unspecified atom stereocenters. The molecule has 1 aromatic carbocycles. The van der Waals surface area contributed by atoms with E-state index in [1.807, 2.05) is 30.3 Å². The highest BCUT2D eigenvalue weighted by Gasteiger charge is 2.05. The van der Waals surface area contributed by atoms with E-state index < -0.39 is 0 Å². The second kappa shape index (κ2) is 6.65. The molecule has 1 heterocycles. The molecule has 0 spiro atoms. The number of rotatable bonds is 6. The Bertz CT molecular complexity index is 518. The van der Waals surface area contributed by atoms with E-state index in [0.717, 1.165) is 18.4 Å². The first-order valence-corrected chi connectivity index (χ1v) is 6.21. The number of unbranched alkanes of at least 4 members (excludes halogenated alkanes) is 1. The molecule has 2 aromatic rings. The van der Waals surface area contributed by atoms with Crippen LogP contribution in [0.4, 0.5) is 11.9 Å². The maximum Gasteiger partial charge on any atom is 0.228 e. The normalized spacial score (nSPS) is 10.4. The van der Waals surface area contributed by atoms with Crippen LogP contribution in [0.3, 0.4) is 0 Å². The third-order valence-electron chi connectivity index (χ3n) is 2.55. The van der Waals surface area contributed by atoms with Crippen molar-refractivity contribution in [2.75, 3.05) is 24.2 Å². The molecule has 6 nitrogen and oxygen atoms in total. The molecular weight excluding hydrogens is 242 g/mol. The Kier molecular flexibility index (Phi) is 4.63. The van der Waals surface area contributed by atoms with Crippen LogP contribution in [0.2, 0.25) is 0 Å². The van der Waals surface area contributed by atoms with Crippen LogP contribution in [0, 0.1) is 0 Å². The SMILES string of the molecule is Nc1nc(NCCCCO)nc(-c2ccccc2)n1. The summed E-state index contributed by atoms with van der Waals surface area (Å²) in [6.07, 6.45) is 1.60. The van der Waals surface area contributed by atoms with E-state index in [1.54, 1.807) is 0 Å². The van der Waals surface area contributed by atoms with Crippen molar-refractivity contribution in [2.45, 2.75) is 12.8 Å². The fourth-order valence-electron chi connectivity index (χ4n) is 1.62. The Morgan fingerprint density at radius 3 is 2.58 bits per heavy atom. The molecule has 0 fully saturated rings. The largest absolute Gasteiger partial charge is 0.396 e. The van der Waals surface area contributed by atoms with Crippen LogP contribution in [0.25, 0.3) is 11.4 Å². The minimum atomic E-state index is 0.191. The molecule has 0 radical (unpaired) electrons. The smallest absolute Gasteiger partial charge is 0.228 e. The molecule has 0 saturated heterocycles. The summed E-state index contributed by atoms with van der Waals surface area (Å²) in [7, 11) is 0. The van der Waals surface area contributed by atoms with Crippen LogP contribution in [0.1, 0.15) is 12.8 Å². The quantitative estimate of drug-likeness (QED) is 0.677.